The summed E-state index contributed by atoms with van der Waals surface area (Å²) in [5, 5.41) is 10.0. The van der Waals surface area contributed by atoms with Crippen molar-refractivity contribution < 1.29 is 19.1 Å². The Balaban J connectivity index is 1.47. The fourth-order valence-corrected chi connectivity index (χ4v) is 4.37. The average Bonchev–Trinajstić information content (AvgIpc) is 2.93. The third-order valence-corrected chi connectivity index (χ3v) is 6.50. The molecule has 0 saturated carbocycles. The number of piperidine rings is 1. The zero-order valence-electron chi connectivity index (χ0n) is 18.0. The molecular weight excluding hydrogens is 421 g/mol. The Labute approximate surface area is 188 Å². The number of amides is 2. The first kappa shape index (κ1) is 23.7. The van der Waals surface area contributed by atoms with E-state index in [1.165, 1.54) is 18.2 Å². The first-order valence-corrected chi connectivity index (χ1v) is 11.3. The Morgan fingerprint density at radius 2 is 2.06 bits per heavy atom. The number of benzene rings is 1. The molecule has 170 valence electrons. The number of nitrogens with zero attached hydrogens (tertiary/aromatic N) is 3. The number of hydrogen-bond acceptors (Lipinski definition) is 4. The molecule has 0 aromatic heterocycles. The monoisotopic (exact) mass is 451 g/mol. The van der Waals surface area contributed by atoms with Crippen molar-refractivity contribution in [1.82, 2.24) is 14.7 Å². The predicted molar refractivity (Wildman–Crippen MR) is 119 cm³/mol. The van der Waals surface area contributed by atoms with Gasteiger partial charge in [-0.3, -0.25) is 14.5 Å². The summed E-state index contributed by atoms with van der Waals surface area (Å²) in [5.41, 5.74) is 0.643. The van der Waals surface area contributed by atoms with Crippen LogP contribution in [0, 0.1) is 5.82 Å². The fraction of sp³-hybridized carbons (Fsp3) is 0.565. The minimum Gasteiger partial charge on any atom is -0.392 e. The molecular formula is C23H31ClFN3O3. The quantitative estimate of drug-likeness (QED) is 0.675. The van der Waals surface area contributed by atoms with Gasteiger partial charge in [0.15, 0.2) is 0 Å². The van der Waals surface area contributed by atoms with Crippen LogP contribution in [0.25, 0.3) is 6.08 Å². The van der Waals surface area contributed by atoms with E-state index in [0.29, 0.717) is 38.2 Å². The largest absolute Gasteiger partial charge is 0.392 e. The van der Waals surface area contributed by atoms with Gasteiger partial charge in [0.1, 0.15) is 5.82 Å². The third-order valence-electron chi connectivity index (χ3n) is 6.21. The van der Waals surface area contributed by atoms with E-state index in [4.69, 9.17) is 11.6 Å². The zero-order valence-corrected chi connectivity index (χ0v) is 18.7. The van der Waals surface area contributed by atoms with Crippen molar-refractivity contribution in [2.24, 2.45) is 0 Å². The van der Waals surface area contributed by atoms with Crippen molar-refractivity contribution in [1.29, 1.82) is 0 Å². The molecule has 0 radical (unpaired) electrons. The van der Waals surface area contributed by atoms with Gasteiger partial charge in [-0.05, 0) is 56.5 Å². The first-order valence-electron chi connectivity index (χ1n) is 11.0. The number of likely N-dealkylation sites (tertiary alicyclic amines) is 1. The molecule has 3 rings (SSSR count). The van der Waals surface area contributed by atoms with Crippen LogP contribution in [-0.2, 0) is 9.59 Å². The van der Waals surface area contributed by atoms with Crippen LogP contribution in [0.1, 0.15) is 38.2 Å². The van der Waals surface area contributed by atoms with Crippen molar-refractivity contribution in [3.8, 4) is 0 Å². The highest BCUT2D eigenvalue weighted by Gasteiger charge is 2.27. The second-order valence-corrected chi connectivity index (χ2v) is 8.71. The van der Waals surface area contributed by atoms with E-state index in [1.807, 2.05) is 4.90 Å². The van der Waals surface area contributed by atoms with Gasteiger partial charge in [0, 0.05) is 51.3 Å². The molecule has 1 N–H and O–H groups in total. The van der Waals surface area contributed by atoms with E-state index in [2.05, 4.69) is 11.8 Å². The summed E-state index contributed by atoms with van der Waals surface area (Å²) in [7, 11) is 0. The highest BCUT2D eigenvalue weighted by atomic mass is 35.5. The Hall–Kier alpha value is -1.96. The second kappa shape index (κ2) is 11.1. The van der Waals surface area contributed by atoms with E-state index in [9.17, 15) is 19.1 Å². The van der Waals surface area contributed by atoms with Gasteiger partial charge in [-0.1, -0.05) is 17.7 Å². The van der Waals surface area contributed by atoms with Crippen LogP contribution in [0.4, 0.5) is 4.39 Å². The summed E-state index contributed by atoms with van der Waals surface area (Å²) >= 11 is 5.78. The van der Waals surface area contributed by atoms with Gasteiger partial charge in [-0.2, -0.15) is 0 Å². The van der Waals surface area contributed by atoms with E-state index in [-0.39, 0.29) is 29.0 Å². The van der Waals surface area contributed by atoms with Gasteiger partial charge in [0.25, 0.3) is 0 Å². The highest BCUT2D eigenvalue weighted by Crippen LogP contribution is 2.18. The summed E-state index contributed by atoms with van der Waals surface area (Å²) in [6.07, 6.45) is 5.78. The molecule has 2 saturated heterocycles. The Morgan fingerprint density at radius 3 is 2.84 bits per heavy atom. The molecule has 0 spiro atoms. The van der Waals surface area contributed by atoms with E-state index in [0.717, 1.165) is 32.4 Å². The molecule has 1 aromatic carbocycles. The van der Waals surface area contributed by atoms with Gasteiger partial charge < -0.3 is 14.9 Å². The predicted octanol–water partition coefficient (Wildman–Crippen LogP) is 2.79. The third kappa shape index (κ3) is 6.51. The van der Waals surface area contributed by atoms with Crippen LogP contribution in [-0.4, -0.2) is 83.0 Å². The zero-order chi connectivity index (χ0) is 22.4. The van der Waals surface area contributed by atoms with Crippen molar-refractivity contribution in [3.05, 3.63) is 40.7 Å². The van der Waals surface area contributed by atoms with E-state index in [1.54, 1.807) is 17.0 Å². The SMILES string of the molecule is C[C@@H]1[C@H](O)CCCN1CCCN1CCN(C(=O)C=Cc2ccc(F)c(Cl)c2)CCC1=O. The Kier molecular flexibility index (Phi) is 8.46. The van der Waals surface area contributed by atoms with E-state index < -0.39 is 5.82 Å². The summed E-state index contributed by atoms with van der Waals surface area (Å²) in [6, 6.07) is 4.45. The molecule has 1 aromatic rings. The Morgan fingerprint density at radius 1 is 1.26 bits per heavy atom. The number of hydrogen-bond donors (Lipinski definition) is 1. The maximum absolute atomic E-state index is 13.3. The average molecular weight is 452 g/mol. The molecule has 31 heavy (non-hydrogen) atoms. The van der Waals surface area contributed by atoms with Gasteiger partial charge in [-0.15, -0.1) is 0 Å². The van der Waals surface area contributed by atoms with Crippen LogP contribution in [0.3, 0.4) is 0 Å². The van der Waals surface area contributed by atoms with Gasteiger partial charge in [-0.25, -0.2) is 4.39 Å². The summed E-state index contributed by atoms with van der Waals surface area (Å²) in [5.74, 6) is -0.607. The molecule has 2 aliphatic rings. The molecule has 2 heterocycles. The normalized spacial score (nSPS) is 23.4. The van der Waals surface area contributed by atoms with Crippen LogP contribution in [0.15, 0.2) is 24.3 Å². The van der Waals surface area contributed by atoms with Crippen LogP contribution < -0.4 is 0 Å². The molecule has 2 fully saturated rings. The lowest BCUT2D eigenvalue weighted by Crippen LogP contribution is -2.47. The maximum atomic E-state index is 13.3. The van der Waals surface area contributed by atoms with Crippen molar-refractivity contribution in [2.45, 2.75) is 44.8 Å². The summed E-state index contributed by atoms with van der Waals surface area (Å²) < 4.78 is 13.3. The first-order chi connectivity index (χ1) is 14.8. The van der Waals surface area contributed by atoms with Crippen LogP contribution in [0.2, 0.25) is 5.02 Å². The lowest BCUT2D eigenvalue weighted by Gasteiger charge is -2.37. The Bertz CT molecular complexity index is 819. The van der Waals surface area contributed by atoms with Gasteiger partial charge in [0.05, 0.1) is 11.1 Å². The molecule has 0 aliphatic carbocycles. The molecule has 0 bridgehead atoms. The molecule has 2 amide bonds. The second-order valence-electron chi connectivity index (χ2n) is 8.30. The van der Waals surface area contributed by atoms with Crippen molar-refractivity contribution in [3.63, 3.8) is 0 Å². The number of aliphatic hydroxyl groups excluding tert-OH is 1. The van der Waals surface area contributed by atoms with Crippen LogP contribution in [0.5, 0.6) is 0 Å². The molecule has 0 unspecified atom stereocenters. The van der Waals surface area contributed by atoms with E-state index >= 15 is 0 Å². The summed E-state index contributed by atoms with van der Waals surface area (Å²) in [4.78, 5) is 30.8. The summed E-state index contributed by atoms with van der Waals surface area (Å²) in [6.45, 7) is 5.94. The molecule has 8 heteroatoms. The lowest BCUT2D eigenvalue weighted by molar-refractivity contribution is -0.130. The molecule has 2 atom stereocenters. The van der Waals surface area contributed by atoms with Crippen molar-refractivity contribution >= 4 is 29.5 Å². The number of carbonyl (C=O) groups excluding carboxylic acids is 2. The van der Waals surface area contributed by atoms with Crippen LogP contribution >= 0.6 is 11.6 Å². The smallest absolute Gasteiger partial charge is 0.246 e. The minimum atomic E-state index is -0.498. The van der Waals surface area contributed by atoms with Crippen molar-refractivity contribution in [2.75, 3.05) is 39.3 Å². The minimum absolute atomic E-state index is 0.0130. The molecule has 2 aliphatic heterocycles. The highest BCUT2D eigenvalue weighted by molar-refractivity contribution is 6.30. The standard InChI is InChI=1S/C23H31ClFN3O3/c1-17-21(29)4-2-10-26(17)11-3-12-27-14-15-28(13-9-23(27)31)22(30)8-6-18-5-7-20(25)19(24)16-18/h5-8,16-17,21,29H,2-4,9-15H2,1H3/t17-,21-/m1/s1. The molecule has 6 nitrogen and oxygen atoms in total. The van der Waals surface area contributed by atoms with Gasteiger partial charge in [0.2, 0.25) is 11.8 Å². The number of rotatable bonds is 6. The number of aliphatic hydroxyl groups is 1. The number of halogens is 2. The lowest BCUT2D eigenvalue weighted by atomic mass is 10.0. The fourth-order valence-electron chi connectivity index (χ4n) is 4.18. The topological polar surface area (TPSA) is 64.1 Å². The maximum Gasteiger partial charge on any atom is 0.246 e. The van der Waals surface area contributed by atoms with Gasteiger partial charge >= 0.3 is 0 Å². The number of carbonyl (C=O) groups is 2.